The van der Waals surface area contributed by atoms with Crippen LogP contribution in [-0.4, -0.2) is 16.3 Å². The minimum absolute atomic E-state index is 0.186. The van der Waals surface area contributed by atoms with Crippen molar-refractivity contribution in [3.63, 3.8) is 0 Å². The molecular formula is C11H15FO2. The van der Waals surface area contributed by atoms with Crippen molar-refractivity contribution >= 4 is 0 Å². The molecule has 0 aliphatic heterocycles. The van der Waals surface area contributed by atoms with Gasteiger partial charge < -0.3 is 10.2 Å². The first-order valence-electron chi connectivity index (χ1n) is 4.56. The first-order valence-corrected chi connectivity index (χ1v) is 4.56. The van der Waals surface area contributed by atoms with Crippen molar-refractivity contribution in [1.82, 2.24) is 0 Å². The molecule has 0 amide bonds. The molecule has 1 aromatic carbocycles. The molecular weight excluding hydrogens is 183 g/mol. The van der Waals surface area contributed by atoms with E-state index in [1.54, 1.807) is 19.9 Å². The summed E-state index contributed by atoms with van der Waals surface area (Å²) in [6.07, 6.45) is -2.12. The second-order valence-corrected chi connectivity index (χ2v) is 3.66. The first kappa shape index (κ1) is 11.1. The predicted molar refractivity (Wildman–Crippen MR) is 52.5 cm³/mol. The zero-order valence-corrected chi connectivity index (χ0v) is 8.58. The lowest BCUT2D eigenvalue weighted by Gasteiger charge is -2.17. The molecule has 1 aromatic rings. The molecule has 78 valence electrons. The number of aliphatic hydroxyl groups is 2. The molecule has 2 atom stereocenters. The SMILES string of the molecule is Cc1cc(C)c(C(O)C(C)O)c(F)c1. The fourth-order valence-electron chi connectivity index (χ4n) is 1.54. The van der Waals surface area contributed by atoms with E-state index in [2.05, 4.69) is 0 Å². The Balaban J connectivity index is 3.20. The second-order valence-electron chi connectivity index (χ2n) is 3.66. The molecule has 1 rings (SSSR count). The van der Waals surface area contributed by atoms with Crippen LogP contribution in [0.3, 0.4) is 0 Å². The van der Waals surface area contributed by atoms with Gasteiger partial charge in [0.2, 0.25) is 0 Å². The van der Waals surface area contributed by atoms with Crippen LogP contribution in [-0.2, 0) is 0 Å². The molecule has 0 radical (unpaired) electrons. The molecule has 2 N–H and O–H groups in total. The largest absolute Gasteiger partial charge is 0.390 e. The van der Waals surface area contributed by atoms with Crippen LogP contribution < -0.4 is 0 Å². The highest BCUT2D eigenvalue weighted by Crippen LogP contribution is 2.24. The third-order valence-corrected chi connectivity index (χ3v) is 2.23. The Kier molecular flexibility index (Phi) is 3.24. The lowest BCUT2D eigenvalue weighted by molar-refractivity contribution is 0.0279. The van der Waals surface area contributed by atoms with Crippen molar-refractivity contribution in [2.45, 2.75) is 33.0 Å². The van der Waals surface area contributed by atoms with Gasteiger partial charge in [0.1, 0.15) is 11.9 Å². The van der Waals surface area contributed by atoms with Gasteiger partial charge in [-0.3, -0.25) is 0 Å². The molecule has 0 aliphatic rings. The first-order chi connectivity index (χ1) is 6.43. The minimum Gasteiger partial charge on any atom is -0.390 e. The van der Waals surface area contributed by atoms with Crippen LogP contribution >= 0.6 is 0 Å². The molecule has 0 spiro atoms. The normalized spacial score (nSPS) is 15.3. The summed E-state index contributed by atoms with van der Waals surface area (Å²) < 4.78 is 13.5. The molecule has 0 bridgehead atoms. The monoisotopic (exact) mass is 198 g/mol. The van der Waals surface area contributed by atoms with Crippen LogP contribution in [0.25, 0.3) is 0 Å². The number of benzene rings is 1. The summed E-state index contributed by atoms with van der Waals surface area (Å²) in [5.74, 6) is -0.462. The van der Waals surface area contributed by atoms with Crippen molar-refractivity contribution in [1.29, 1.82) is 0 Å². The van der Waals surface area contributed by atoms with Crippen molar-refractivity contribution in [3.8, 4) is 0 Å². The third-order valence-electron chi connectivity index (χ3n) is 2.23. The molecule has 14 heavy (non-hydrogen) atoms. The van der Waals surface area contributed by atoms with Crippen LogP contribution in [0.1, 0.15) is 29.7 Å². The molecule has 0 aromatic heterocycles. The maximum absolute atomic E-state index is 13.5. The standard InChI is InChI=1S/C11H15FO2/c1-6-4-7(2)10(9(12)5-6)11(14)8(3)13/h4-5,8,11,13-14H,1-3H3. The lowest BCUT2D eigenvalue weighted by Crippen LogP contribution is -2.16. The van der Waals surface area contributed by atoms with Gasteiger partial charge in [-0.25, -0.2) is 4.39 Å². The Bertz CT molecular complexity index is 311. The highest BCUT2D eigenvalue weighted by atomic mass is 19.1. The average molecular weight is 198 g/mol. The fraction of sp³-hybridized carbons (Fsp3) is 0.455. The molecule has 0 aliphatic carbocycles. The average Bonchev–Trinajstić information content (AvgIpc) is 2.01. The van der Waals surface area contributed by atoms with Gasteiger partial charge in [0.25, 0.3) is 0 Å². The summed E-state index contributed by atoms with van der Waals surface area (Å²) in [6, 6.07) is 3.14. The predicted octanol–water partition coefficient (Wildman–Crippen LogP) is 1.86. The summed E-state index contributed by atoms with van der Waals surface area (Å²) in [5, 5.41) is 18.7. The molecule has 2 nitrogen and oxygen atoms in total. The van der Waals surface area contributed by atoms with Crippen LogP contribution in [0.2, 0.25) is 0 Å². The maximum atomic E-state index is 13.5. The molecule has 0 fully saturated rings. The van der Waals surface area contributed by atoms with Gasteiger partial charge in [-0.2, -0.15) is 0 Å². The highest BCUT2D eigenvalue weighted by Gasteiger charge is 2.20. The van der Waals surface area contributed by atoms with E-state index in [1.807, 2.05) is 0 Å². The molecule has 2 unspecified atom stereocenters. The van der Waals surface area contributed by atoms with Gasteiger partial charge in [0.15, 0.2) is 0 Å². The van der Waals surface area contributed by atoms with Crippen LogP contribution in [0.15, 0.2) is 12.1 Å². The van der Waals surface area contributed by atoms with E-state index >= 15 is 0 Å². The zero-order chi connectivity index (χ0) is 10.9. The Morgan fingerprint density at radius 2 is 1.79 bits per heavy atom. The van der Waals surface area contributed by atoms with E-state index < -0.39 is 18.0 Å². The zero-order valence-electron chi connectivity index (χ0n) is 8.58. The van der Waals surface area contributed by atoms with E-state index in [9.17, 15) is 14.6 Å². The topological polar surface area (TPSA) is 40.5 Å². The summed E-state index contributed by atoms with van der Waals surface area (Å²) >= 11 is 0. The maximum Gasteiger partial charge on any atom is 0.129 e. The smallest absolute Gasteiger partial charge is 0.129 e. The van der Waals surface area contributed by atoms with Crippen LogP contribution in [0.4, 0.5) is 4.39 Å². The molecule has 3 heteroatoms. The van der Waals surface area contributed by atoms with E-state index in [0.717, 1.165) is 5.56 Å². The molecule has 0 saturated carbocycles. The van der Waals surface area contributed by atoms with E-state index in [0.29, 0.717) is 5.56 Å². The number of halogens is 1. The van der Waals surface area contributed by atoms with Crippen molar-refractivity contribution in [3.05, 3.63) is 34.6 Å². The van der Waals surface area contributed by atoms with Gasteiger partial charge >= 0.3 is 0 Å². The van der Waals surface area contributed by atoms with Crippen molar-refractivity contribution < 1.29 is 14.6 Å². The van der Waals surface area contributed by atoms with E-state index in [4.69, 9.17) is 0 Å². The highest BCUT2D eigenvalue weighted by molar-refractivity contribution is 5.33. The van der Waals surface area contributed by atoms with Gasteiger partial charge in [-0.15, -0.1) is 0 Å². The van der Waals surface area contributed by atoms with Gasteiger partial charge in [-0.1, -0.05) is 6.07 Å². The Hall–Kier alpha value is -0.930. The summed E-state index contributed by atoms with van der Waals surface area (Å²) in [6.45, 7) is 4.94. The quantitative estimate of drug-likeness (QED) is 0.761. The lowest BCUT2D eigenvalue weighted by atomic mass is 9.97. The third kappa shape index (κ3) is 2.11. The Labute approximate surface area is 83.0 Å². The van der Waals surface area contributed by atoms with Crippen LogP contribution in [0.5, 0.6) is 0 Å². The van der Waals surface area contributed by atoms with E-state index in [1.165, 1.54) is 13.0 Å². The van der Waals surface area contributed by atoms with Crippen LogP contribution in [0, 0.1) is 19.7 Å². The Morgan fingerprint density at radius 3 is 2.21 bits per heavy atom. The number of hydrogen-bond acceptors (Lipinski definition) is 2. The summed E-state index contributed by atoms with van der Waals surface area (Å²) in [5.41, 5.74) is 1.66. The number of aliphatic hydroxyl groups excluding tert-OH is 2. The minimum atomic E-state index is -1.16. The fourth-order valence-corrected chi connectivity index (χ4v) is 1.54. The summed E-state index contributed by atoms with van der Waals surface area (Å²) in [7, 11) is 0. The number of hydrogen-bond donors (Lipinski definition) is 2. The second kappa shape index (κ2) is 4.07. The van der Waals surface area contributed by atoms with Gasteiger partial charge in [0.05, 0.1) is 6.10 Å². The van der Waals surface area contributed by atoms with E-state index in [-0.39, 0.29) is 5.56 Å². The molecule has 0 heterocycles. The molecule has 0 saturated heterocycles. The summed E-state index contributed by atoms with van der Waals surface area (Å²) in [4.78, 5) is 0. The van der Waals surface area contributed by atoms with Crippen molar-refractivity contribution in [2.24, 2.45) is 0 Å². The van der Waals surface area contributed by atoms with Gasteiger partial charge in [0, 0.05) is 5.56 Å². The Morgan fingerprint density at radius 1 is 1.21 bits per heavy atom. The number of rotatable bonds is 2. The van der Waals surface area contributed by atoms with Gasteiger partial charge in [-0.05, 0) is 38.0 Å². The van der Waals surface area contributed by atoms with Crippen molar-refractivity contribution in [2.75, 3.05) is 0 Å². The number of aryl methyl sites for hydroxylation is 2.